The van der Waals surface area contributed by atoms with E-state index in [1.807, 2.05) is 117 Å². The van der Waals surface area contributed by atoms with Gasteiger partial charge in [0.05, 0.1) is 16.1 Å². The Balaban J connectivity index is 0.000000168. The number of aryl methyl sites for hydroxylation is 12. The molecule has 0 atom stereocenters. The van der Waals surface area contributed by atoms with E-state index in [4.69, 9.17) is 9.60 Å². The number of benzene rings is 8. The first kappa shape index (κ1) is 67.3. The van der Waals surface area contributed by atoms with Crippen molar-refractivity contribution >= 4 is 26.5 Å². The maximum atomic E-state index is 9.08. The molecule has 0 fully saturated rings. The van der Waals surface area contributed by atoms with E-state index in [2.05, 4.69) is 296 Å². The second-order valence-corrected chi connectivity index (χ2v) is 42.1. The largest absolute Gasteiger partial charge is 0.212 e. The minimum Gasteiger partial charge on any atom is -0.201 e. The maximum absolute atomic E-state index is 9.08. The van der Waals surface area contributed by atoms with Crippen molar-refractivity contribution in [2.45, 2.75) is 149 Å². The van der Waals surface area contributed by atoms with Crippen molar-refractivity contribution in [3.8, 4) is 89.5 Å². The van der Waals surface area contributed by atoms with Crippen LogP contribution in [0.4, 0.5) is 0 Å². The third-order valence-corrected chi connectivity index (χ3v) is 23.0. The van der Waals surface area contributed by atoms with Crippen LogP contribution in [0, 0.1) is 66.1 Å². The maximum Gasteiger partial charge on any atom is 0.212 e. The molecular weight excluding hydrogens is 1270 g/mol. The standard InChI is InChI=1S/C27H36NSi.C25H30N.C23H28NSi.C21H22N/c1-20-14-15-22(21-12-10-9-11-13-21)16-24(20)25-17-23(18-27(2,3)4)26(19-28(25)5)29(6,7)8;1-18-12-13-21(20-10-8-7-9-11-20)15-23(18)24-14-19(2)22(17-26(24)6)16-25(3,4)5;1-17-12-13-20(19-10-8-7-9-11-19)15-21(17)22-14-18(2)23(16-24(22)3)25(4,5)6;1-15-10-11-19(18-8-6-5-7-9-18)13-20(15)21-12-16(2)17(3)14-22(21)4/h9-17,19H,18H2,1-8H3;7-15,17H,16H2,1-6H3;7-16H,1-6H3;5-14H,1-4H3/q4*+1/i18D2;16D2;;3D3. The Bertz CT molecular complexity index is 5060. The van der Waals surface area contributed by atoms with Crippen LogP contribution in [-0.2, 0) is 40.9 Å². The molecule has 0 amide bonds. The minimum absolute atomic E-state index is 0.399. The number of hydrogen-bond acceptors (Lipinski definition) is 0. The average molecular weight is 1390 g/mol. The van der Waals surface area contributed by atoms with E-state index in [9.17, 15) is 0 Å². The van der Waals surface area contributed by atoms with Crippen molar-refractivity contribution in [2.24, 2.45) is 39.0 Å². The van der Waals surface area contributed by atoms with Gasteiger partial charge in [0.25, 0.3) is 0 Å². The van der Waals surface area contributed by atoms with E-state index in [1.54, 1.807) is 6.20 Å². The Morgan fingerprint density at radius 3 is 0.892 bits per heavy atom. The van der Waals surface area contributed by atoms with E-state index in [-0.39, 0.29) is 0 Å². The van der Waals surface area contributed by atoms with Crippen molar-refractivity contribution in [1.29, 1.82) is 0 Å². The van der Waals surface area contributed by atoms with Gasteiger partial charge in [-0.25, -0.2) is 18.3 Å². The second-order valence-electron chi connectivity index (χ2n) is 32.0. The molecule has 0 aliphatic heterocycles. The molecule has 0 saturated carbocycles. The Kier molecular flexibility index (Phi) is 21.4. The zero-order chi connectivity index (χ0) is 80.3. The summed E-state index contributed by atoms with van der Waals surface area (Å²) in [5, 5.41) is 2.73. The van der Waals surface area contributed by atoms with Crippen LogP contribution >= 0.6 is 0 Å². The zero-order valence-electron chi connectivity index (χ0n) is 72.4. The van der Waals surface area contributed by atoms with Gasteiger partial charge in [0.2, 0.25) is 22.8 Å². The fraction of sp³-hybridized carbons (Fsp3) is 0.292. The monoisotopic (exact) mass is 1390 g/mol. The van der Waals surface area contributed by atoms with E-state index < -0.39 is 46.6 Å². The van der Waals surface area contributed by atoms with Crippen LogP contribution in [0.3, 0.4) is 0 Å². The van der Waals surface area contributed by atoms with Crippen molar-refractivity contribution in [2.75, 3.05) is 0 Å². The Morgan fingerprint density at radius 2 is 0.569 bits per heavy atom. The predicted molar refractivity (Wildman–Crippen MR) is 444 cm³/mol. The summed E-state index contributed by atoms with van der Waals surface area (Å²) in [7, 11) is 5.08. The van der Waals surface area contributed by atoms with Gasteiger partial charge in [-0.3, -0.25) is 0 Å². The molecule has 0 unspecified atom stereocenters. The molecule has 0 spiro atoms. The first-order valence-electron chi connectivity index (χ1n) is 39.5. The fourth-order valence-corrected chi connectivity index (χ4v) is 16.6. The normalized spacial score (nSPS) is 13.0. The van der Waals surface area contributed by atoms with Crippen LogP contribution in [0.25, 0.3) is 89.5 Å². The third kappa shape index (κ3) is 19.7. The molecule has 0 radical (unpaired) electrons. The summed E-state index contributed by atoms with van der Waals surface area (Å²) in [5.41, 5.74) is 27.9. The summed E-state index contributed by atoms with van der Waals surface area (Å²) < 4.78 is 67.0. The molecule has 0 saturated heterocycles. The molecule has 524 valence electrons. The van der Waals surface area contributed by atoms with Gasteiger partial charge in [0.1, 0.15) is 28.2 Å². The minimum atomic E-state index is -2.10. The fourth-order valence-electron chi connectivity index (χ4n) is 13.2. The van der Waals surface area contributed by atoms with Gasteiger partial charge in [-0.1, -0.05) is 251 Å². The molecule has 8 aromatic carbocycles. The molecule has 0 N–H and O–H groups in total. The van der Waals surface area contributed by atoms with E-state index in [0.29, 0.717) is 5.56 Å². The Hall–Kier alpha value is -9.21. The molecule has 6 heteroatoms. The number of rotatable bonds is 12. The first-order valence-corrected chi connectivity index (χ1v) is 43.0. The van der Waals surface area contributed by atoms with Gasteiger partial charge in [0, 0.05) is 77.6 Å². The van der Waals surface area contributed by atoms with Crippen LogP contribution in [0.15, 0.2) is 243 Å². The summed E-state index contributed by atoms with van der Waals surface area (Å²) in [6.07, 6.45) is 5.39. The van der Waals surface area contributed by atoms with Crippen LogP contribution in [0.1, 0.15) is 107 Å². The lowest BCUT2D eigenvalue weighted by atomic mass is 9.86. The van der Waals surface area contributed by atoms with Gasteiger partial charge in [-0.05, 0) is 192 Å². The topological polar surface area (TPSA) is 15.5 Å². The lowest BCUT2D eigenvalue weighted by molar-refractivity contribution is -0.661. The number of pyridine rings is 4. The van der Waals surface area contributed by atoms with Crippen LogP contribution < -0.4 is 28.6 Å². The van der Waals surface area contributed by atoms with Gasteiger partial charge in [0.15, 0.2) is 24.8 Å². The smallest absolute Gasteiger partial charge is 0.201 e. The summed E-state index contributed by atoms with van der Waals surface area (Å²) in [6, 6.07) is 76.6. The molecule has 12 rings (SSSR count). The van der Waals surface area contributed by atoms with E-state index in [1.165, 1.54) is 88.4 Å². The Labute approximate surface area is 627 Å². The molecule has 102 heavy (non-hydrogen) atoms. The molecule has 4 nitrogen and oxygen atoms in total. The number of hydrogen-bond donors (Lipinski definition) is 0. The molecule has 0 aliphatic carbocycles. The third-order valence-electron chi connectivity index (χ3n) is 18.8. The summed E-state index contributed by atoms with van der Waals surface area (Å²) in [5.74, 6) is 0. The van der Waals surface area contributed by atoms with Gasteiger partial charge >= 0.3 is 0 Å². The number of aromatic nitrogens is 4. The zero-order valence-corrected chi connectivity index (χ0v) is 67.4. The van der Waals surface area contributed by atoms with Crippen molar-refractivity contribution < 1.29 is 27.9 Å². The predicted octanol–water partition coefficient (Wildman–Crippen LogP) is 22.1. The molecule has 4 aromatic heterocycles. The quantitative estimate of drug-likeness (QED) is 0.0856. The summed E-state index contributed by atoms with van der Waals surface area (Å²) in [6.45, 7) is 38.5. The van der Waals surface area contributed by atoms with Gasteiger partial charge < -0.3 is 0 Å². The highest BCUT2D eigenvalue weighted by molar-refractivity contribution is 6.89. The summed E-state index contributed by atoms with van der Waals surface area (Å²) >= 11 is 0. The molecular formula is C96H116N4Si2+4. The highest BCUT2D eigenvalue weighted by atomic mass is 28.3. The molecule has 0 aliphatic rings. The van der Waals surface area contributed by atoms with Crippen molar-refractivity contribution in [3.63, 3.8) is 0 Å². The molecule has 0 bridgehead atoms. The average Bonchev–Trinajstić information content (AvgIpc) is 0.752. The highest BCUT2D eigenvalue weighted by Gasteiger charge is 2.30. The molecule has 4 heterocycles. The number of nitrogens with zero attached hydrogens (tertiary/aromatic N) is 4. The Morgan fingerprint density at radius 1 is 0.284 bits per heavy atom. The second kappa shape index (κ2) is 32.4. The van der Waals surface area contributed by atoms with Crippen molar-refractivity contribution in [1.82, 2.24) is 0 Å². The van der Waals surface area contributed by atoms with Crippen LogP contribution in [-0.4, -0.2) is 16.1 Å². The highest BCUT2D eigenvalue weighted by Crippen LogP contribution is 2.35. The van der Waals surface area contributed by atoms with Crippen LogP contribution in [0.5, 0.6) is 0 Å². The van der Waals surface area contributed by atoms with E-state index in [0.717, 1.165) is 61.6 Å². The molecule has 12 aromatic rings. The van der Waals surface area contributed by atoms with Crippen molar-refractivity contribution in [3.05, 3.63) is 299 Å². The van der Waals surface area contributed by atoms with E-state index >= 15 is 0 Å². The van der Waals surface area contributed by atoms with Gasteiger partial charge in [-0.2, -0.15) is 0 Å². The van der Waals surface area contributed by atoms with Crippen LogP contribution in [0.2, 0.25) is 39.3 Å². The van der Waals surface area contributed by atoms with Gasteiger partial charge in [-0.15, -0.1) is 0 Å². The lowest BCUT2D eigenvalue weighted by Gasteiger charge is -2.25. The first-order chi connectivity index (χ1) is 50.8. The lowest BCUT2D eigenvalue weighted by Crippen LogP contribution is -2.47. The SMILES string of the molecule is Cc1ccc(-c2ccccc2)cc1-c1cc(C)c([Si](C)(C)C)c[n+]1C.[2H]C([2H])([2H])c1c[n+](C)c(-c2cc(-c3ccccc3)ccc2C)cc1C.[2H]C([2H])(c1c[n+](C)c(-c2cc(-c3ccccc3)ccc2C)cc1C)C(C)(C)C.[2H]C([2H])(c1cc(-c2cc(-c3ccccc3)ccc2C)[n+](C)cc1[Si](C)(C)C)C(C)(C)C. The summed E-state index contributed by atoms with van der Waals surface area (Å²) in [4.78, 5) is 0.